The molecule has 0 aliphatic carbocycles. The summed E-state index contributed by atoms with van der Waals surface area (Å²) in [6.45, 7) is 0.748. The Hall–Kier alpha value is -2.61. The van der Waals surface area contributed by atoms with Crippen LogP contribution >= 0.6 is 11.6 Å². The second-order valence-corrected chi connectivity index (χ2v) is 5.90. The van der Waals surface area contributed by atoms with Crippen molar-refractivity contribution in [2.45, 2.75) is 13.0 Å². The maximum Gasteiger partial charge on any atom is 0.332 e. The Balaban J connectivity index is 1.80. The molecule has 0 fully saturated rings. The first-order valence-corrected chi connectivity index (χ1v) is 7.98. The fourth-order valence-electron chi connectivity index (χ4n) is 2.57. The number of imidazole rings is 1. The Morgan fingerprint density at radius 1 is 1.16 bits per heavy atom. The minimum absolute atomic E-state index is 0.134. The number of benzene rings is 1. The molecule has 132 valence electrons. The van der Waals surface area contributed by atoms with Crippen LogP contribution in [0.3, 0.4) is 0 Å². The van der Waals surface area contributed by atoms with Crippen molar-refractivity contribution in [2.24, 2.45) is 14.1 Å². The first-order chi connectivity index (χ1) is 11.9. The maximum atomic E-state index is 12.8. The molecular weight excluding hydrogens is 351 g/mol. The van der Waals surface area contributed by atoms with Crippen LogP contribution in [0.25, 0.3) is 11.2 Å². The van der Waals surface area contributed by atoms with Gasteiger partial charge in [-0.15, -0.1) is 0 Å². The lowest BCUT2D eigenvalue weighted by Crippen LogP contribution is -2.37. The molecule has 0 unspecified atom stereocenters. The van der Waals surface area contributed by atoms with Gasteiger partial charge in [0.25, 0.3) is 5.56 Å². The number of aromatic nitrogens is 4. The molecule has 0 saturated carbocycles. The summed E-state index contributed by atoms with van der Waals surface area (Å²) in [6.07, 6.45) is 0.550. The van der Waals surface area contributed by atoms with Crippen molar-refractivity contribution in [2.75, 3.05) is 6.61 Å². The molecule has 0 amide bonds. The van der Waals surface area contributed by atoms with Crippen molar-refractivity contribution in [1.82, 2.24) is 18.7 Å². The van der Waals surface area contributed by atoms with E-state index < -0.39 is 11.2 Å². The summed E-state index contributed by atoms with van der Waals surface area (Å²) < 4.78 is 22.2. The number of aryl methyl sites for hydroxylation is 2. The van der Waals surface area contributed by atoms with Crippen LogP contribution in [0.1, 0.15) is 6.42 Å². The summed E-state index contributed by atoms with van der Waals surface area (Å²) >= 11 is 6.14. The van der Waals surface area contributed by atoms with E-state index in [2.05, 4.69) is 4.98 Å². The molecule has 1 aromatic carbocycles. The first-order valence-electron chi connectivity index (χ1n) is 7.60. The van der Waals surface area contributed by atoms with Gasteiger partial charge in [-0.3, -0.25) is 13.9 Å². The Bertz CT molecular complexity index is 1040. The van der Waals surface area contributed by atoms with E-state index in [1.54, 1.807) is 16.7 Å². The minimum Gasteiger partial charge on any atom is -0.494 e. The maximum absolute atomic E-state index is 12.8. The zero-order chi connectivity index (χ0) is 18.1. The highest BCUT2D eigenvalue weighted by molar-refractivity contribution is 6.29. The van der Waals surface area contributed by atoms with E-state index >= 15 is 0 Å². The molecule has 2 aromatic heterocycles. The number of halogens is 2. The lowest BCUT2D eigenvalue weighted by atomic mass is 10.3. The number of nitrogens with zero attached hydrogens (tertiary/aromatic N) is 4. The highest BCUT2D eigenvalue weighted by Crippen LogP contribution is 2.16. The van der Waals surface area contributed by atoms with E-state index in [9.17, 15) is 14.0 Å². The summed E-state index contributed by atoms with van der Waals surface area (Å²) in [7, 11) is 2.95. The second kappa shape index (κ2) is 6.72. The van der Waals surface area contributed by atoms with Gasteiger partial charge in [-0.25, -0.2) is 9.18 Å². The molecule has 0 N–H and O–H groups in total. The highest BCUT2D eigenvalue weighted by Gasteiger charge is 2.17. The van der Waals surface area contributed by atoms with Gasteiger partial charge in [0.15, 0.2) is 11.2 Å². The molecule has 9 heteroatoms. The van der Waals surface area contributed by atoms with Crippen LogP contribution in [-0.2, 0) is 20.6 Å². The zero-order valence-electron chi connectivity index (χ0n) is 13.7. The smallest absolute Gasteiger partial charge is 0.332 e. The molecule has 0 spiro atoms. The number of ether oxygens (including phenoxy) is 1. The average molecular weight is 367 g/mol. The van der Waals surface area contributed by atoms with Crippen molar-refractivity contribution < 1.29 is 9.13 Å². The SMILES string of the molecule is Cn1c(=O)c2c(nc(Cl)n2CCCOc2ccc(F)cc2)n(C)c1=O. The Kier molecular flexibility index (Phi) is 4.63. The van der Waals surface area contributed by atoms with Gasteiger partial charge in [-0.2, -0.15) is 4.98 Å². The predicted molar refractivity (Wildman–Crippen MR) is 91.7 cm³/mol. The third-order valence-corrected chi connectivity index (χ3v) is 4.20. The van der Waals surface area contributed by atoms with Crippen molar-refractivity contribution in [1.29, 1.82) is 0 Å². The zero-order valence-corrected chi connectivity index (χ0v) is 14.5. The van der Waals surface area contributed by atoms with E-state index in [1.807, 2.05) is 0 Å². The normalized spacial score (nSPS) is 11.2. The van der Waals surface area contributed by atoms with Crippen LogP contribution in [0.5, 0.6) is 5.75 Å². The van der Waals surface area contributed by atoms with Gasteiger partial charge < -0.3 is 9.30 Å². The molecule has 7 nitrogen and oxygen atoms in total. The van der Waals surface area contributed by atoms with Gasteiger partial charge in [-0.05, 0) is 42.3 Å². The third-order valence-electron chi connectivity index (χ3n) is 3.91. The quantitative estimate of drug-likeness (QED) is 0.509. The van der Waals surface area contributed by atoms with E-state index in [-0.39, 0.29) is 22.3 Å². The van der Waals surface area contributed by atoms with Crippen LogP contribution in [0.4, 0.5) is 4.39 Å². The molecule has 0 bridgehead atoms. The van der Waals surface area contributed by atoms with Crippen molar-refractivity contribution in [3.8, 4) is 5.75 Å². The highest BCUT2D eigenvalue weighted by atomic mass is 35.5. The van der Waals surface area contributed by atoms with Gasteiger partial charge in [-0.1, -0.05) is 0 Å². The van der Waals surface area contributed by atoms with E-state index in [0.29, 0.717) is 25.3 Å². The predicted octanol–water partition coefficient (Wildman–Crippen LogP) is 1.70. The molecule has 0 aliphatic heterocycles. The van der Waals surface area contributed by atoms with Gasteiger partial charge in [0.05, 0.1) is 6.61 Å². The van der Waals surface area contributed by atoms with Crippen LogP contribution in [0, 0.1) is 5.82 Å². The number of fused-ring (bicyclic) bond motifs is 1. The monoisotopic (exact) mass is 366 g/mol. The number of rotatable bonds is 5. The Labute approximate surface area is 146 Å². The van der Waals surface area contributed by atoms with Gasteiger partial charge in [0, 0.05) is 20.6 Å². The average Bonchev–Trinajstić information content (AvgIpc) is 2.93. The van der Waals surface area contributed by atoms with Gasteiger partial charge in [0.2, 0.25) is 5.28 Å². The third kappa shape index (κ3) is 3.17. The molecule has 3 rings (SSSR count). The van der Waals surface area contributed by atoms with E-state index in [4.69, 9.17) is 16.3 Å². The van der Waals surface area contributed by atoms with Crippen molar-refractivity contribution in [3.63, 3.8) is 0 Å². The van der Waals surface area contributed by atoms with Gasteiger partial charge >= 0.3 is 5.69 Å². The van der Waals surface area contributed by atoms with Crippen LogP contribution in [0.15, 0.2) is 33.9 Å². The first kappa shape index (κ1) is 17.2. The molecule has 0 atom stereocenters. The van der Waals surface area contributed by atoms with Crippen LogP contribution in [-0.4, -0.2) is 25.3 Å². The summed E-state index contributed by atoms with van der Waals surface area (Å²) in [6, 6.07) is 5.72. The molecule has 0 radical (unpaired) electrons. The number of hydrogen-bond donors (Lipinski definition) is 0. The molecule has 25 heavy (non-hydrogen) atoms. The topological polar surface area (TPSA) is 71.0 Å². The van der Waals surface area contributed by atoms with E-state index in [1.165, 1.54) is 30.8 Å². The van der Waals surface area contributed by atoms with Crippen LogP contribution in [0.2, 0.25) is 5.28 Å². The standard InChI is InChI=1S/C16H16ClFN4O3/c1-20-13-12(14(23)21(2)16(20)24)22(15(17)19-13)8-3-9-25-11-6-4-10(18)5-7-11/h4-7H,3,8-9H2,1-2H3. The van der Waals surface area contributed by atoms with Crippen LogP contribution < -0.4 is 16.0 Å². The van der Waals surface area contributed by atoms with Crippen molar-refractivity contribution in [3.05, 3.63) is 56.2 Å². The Morgan fingerprint density at radius 2 is 1.84 bits per heavy atom. The molecule has 2 heterocycles. The summed E-state index contributed by atoms with van der Waals surface area (Å²) in [5.41, 5.74) is -0.385. The van der Waals surface area contributed by atoms with Gasteiger partial charge in [0.1, 0.15) is 11.6 Å². The molecule has 0 aliphatic rings. The lowest BCUT2D eigenvalue weighted by molar-refractivity contribution is 0.302. The second-order valence-electron chi connectivity index (χ2n) is 5.57. The largest absolute Gasteiger partial charge is 0.494 e. The summed E-state index contributed by atoms with van der Waals surface area (Å²) in [5, 5.41) is 0.134. The summed E-state index contributed by atoms with van der Waals surface area (Å²) in [5.74, 6) is 0.228. The van der Waals surface area contributed by atoms with Crippen molar-refractivity contribution >= 4 is 22.8 Å². The fraction of sp³-hybridized carbons (Fsp3) is 0.312. The Morgan fingerprint density at radius 3 is 2.52 bits per heavy atom. The molecular formula is C16H16ClFN4O3. The fourth-order valence-corrected chi connectivity index (χ4v) is 2.82. The van der Waals surface area contributed by atoms with E-state index in [0.717, 1.165) is 4.57 Å². The molecule has 3 aromatic rings. The minimum atomic E-state index is -0.460. The lowest BCUT2D eigenvalue weighted by Gasteiger charge is -2.09. The number of hydrogen-bond acceptors (Lipinski definition) is 4. The molecule has 0 saturated heterocycles. The summed E-state index contributed by atoms with van der Waals surface area (Å²) in [4.78, 5) is 28.5.